The first-order valence-electron chi connectivity index (χ1n) is 9.82. The molecular formula is C24H24N2O4. The molecule has 0 saturated heterocycles. The molecule has 1 aliphatic heterocycles. The zero-order valence-electron chi connectivity index (χ0n) is 17.1. The number of rotatable bonds is 6. The van der Waals surface area contributed by atoms with Crippen molar-refractivity contribution in [2.45, 2.75) is 19.6 Å². The standard InChI is InChI=1S/C24H24N2O4/c1-28-22-12-18-8-10-26(15-20(18)13-23(22)29-2)24(27)19-6-3-7-21(11-19)30-16-17-5-4-9-25-14-17/h3-7,9,11-14H,8,10,15-16H2,1-2H3. The largest absolute Gasteiger partial charge is 0.493 e. The molecule has 0 fully saturated rings. The van der Waals surface area contributed by atoms with E-state index in [1.807, 2.05) is 47.4 Å². The van der Waals surface area contributed by atoms with E-state index < -0.39 is 0 Å². The van der Waals surface area contributed by atoms with Crippen LogP contribution in [0.4, 0.5) is 0 Å². The molecule has 0 N–H and O–H groups in total. The van der Waals surface area contributed by atoms with Crippen LogP contribution in [0.2, 0.25) is 0 Å². The van der Waals surface area contributed by atoms with Gasteiger partial charge in [0.05, 0.1) is 14.2 Å². The van der Waals surface area contributed by atoms with Crippen molar-refractivity contribution in [1.29, 1.82) is 0 Å². The zero-order chi connectivity index (χ0) is 20.9. The zero-order valence-corrected chi connectivity index (χ0v) is 17.1. The van der Waals surface area contributed by atoms with Crippen LogP contribution in [0.25, 0.3) is 0 Å². The van der Waals surface area contributed by atoms with Gasteiger partial charge in [-0.05, 0) is 53.9 Å². The summed E-state index contributed by atoms with van der Waals surface area (Å²) >= 11 is 0. The third-order valence-corrected chi connectivity index (χ3v) is 5.21. The second-order valence-corrected chi connectivity index (χ2v) is 7.13. The number of methoxy groups -OCH3 is 2. The fraction of sp³-hybridized carbons (Fsp3) is 0.250. The van der Waals surface area contributed by atoms with E-state index in [4.69, 9.17) is 14.2 Å². The summed E-state index contributed by atoms with van der Waals surface area (Å²) in [6.07, 6.45) is 4.27. The molecule has 0 aliphatic carbocycles. The minimum Gasteiger partial charge on any atom is -0.493 e. The Bertz CT molecular complexity index is 1040. The van der Waals surface area contributed by atoms with Crippen molar-refractivity contribution in [1.82, 2.24) is 9.88 Å². The summed E-state index contributed by atoms with van der Waals surface area (Å²) in [4.78, 5) is 19.1. The number of ether oxygens (including phenoxy) is 3. The number of carbonyl (C=O) groups excluding carboxylic acids is 1. The topological polar surface area (TPSA) is 60.9 Å². The van der Waals surface area contributed by atoms with Crippen LogP contribution in [-0.4, -0.2) is 36.6 Å². The van der Waals surface area contributed by atoms with Gasteiger partial charge in [-0.2, -0.15) is 0 Å². The second kappa shape index (κ2) is 8.86. The highest BCUT2D eigenvalue weighted by Crippen LogP contribution is 2.33. The van der Waals surface area contributed by atoms with Gasteiger partial charge >= 0.3 is 0 Å². The third kappa shape index (κ3) is 4.22. The van der Waals surface area contributed by atoms with Crippen molar-refractivity contribution in [2.75, 3.05) is 20.8 Å². The van der Waals surface area contributed by atoms with Crippen LogP contribution in [0.3, 0.4) is 0 Å². The van der Waals surface area contributed by atoms with Crippen molar-refractivity contribution in [3.63, 3.8) is 0 Å². The minimum atomic E-state index is -0.0118. The second-order valence-electron chi connectivity index (χ2n) is 7.13. The van der Waals surface area contributed by atoms with Gasteiger partial charge in [0.15, 0.2) is 11.5 Å². The number of benzene rings is 2. The number of carbonyl (C=O) groups is 1. The maximum absolute atomic E-state index is 13.1. The quantitative estimate of drug-likeness (QED) is 0.624. The van der Waals surface area contributed by atoms with Crippen LogP contribution in [0, 0.1) is 0 Å². The summed E-state index contributed by atoms with van der Waals surface area (Å²) in [6.45, 7) is 1.60. The molecule has 154 valence electrons. The number of pyridine rings is 1. The molecule has 0 atom stereocenters. The lowest BCUT2D eigenvalue weighted by molar-refractivity contribution is 0.0734. The average Bonchev–Trinajstić information content (AvgIpc) is 2.81. The lowest BCUT2D eigenvalue weighted by Gasteiger charge is -2.29. The first-order valence-corrected chi connectivity index (χ1v) is 9.82. The van der Waals surface area contributed by atoms with E-state index in [9.17, 15) is 4.79 Å². The number of amides is 1. The first kappa shape index (κ1) is 19.8. The normalized spacial score (nSPS) is 12.8. The Hall–Kier alpha value is -3.54. The van der Waals surface area contributed by atoms with Crippen molar-refractivity contribution >= 4 is 5.91 Å². The molecule has 0 bridgehead atoms. The monoisotopic (exact) mass is 404 g/mol. The van der Waals surface area contributed by atoms with Crippen LogP contribution in [0.5, 0.6) is 17.2 Å². The maximum atomic E-state index is 13.1. The highest BCUT2D eigenvalue weighted by atomic mass is 16.5. The summed E-state index contributed by atoms with van der Waals surface area (Å²) in [6, 6.07) is 15.1. The van der Waals surface area contributed by atoms with Gasteiger partial charge in [-0.1, -0.05) is 12.1 Å². The highest BCUT2D eigenvalue weighted by molar-refractivity contribution is 5.94. The van der Waals surface area contributed by atoms with Crippen LogP contribution in [-0.2, 0) is 19.6 Å². The molecule has 1 aromatic heterocycles. The smallest absolute Gasteiger partial charge is 0.254 e. The summed E-state index contributed by atoms with van der Waals surface area (Å²) in [7, 11) is 3.25. The molecule has 6 heteroatoms. The van der Waals surface area contributed by atoms with Crippen molar-refractivity contribution in [2.24, 2.45) is 0 Å². The summed E-state index contributed by atoms with van der Waals surface area (Å²) in [5.41, 5.74) is 3.86. The summed E-state index contributed by atoms with van der Waals surface area (Å²) < 4.78 is 16.6. The molecule has 0 radical (unpaired) electrons. The number of hydrogen-bond donors (Lipinski definition) is 0. The van der Waals surface area contributed by atoms with E-state index in [1.165, 1.54) is 5.56 Å². The van der Waals surface area contributed by atoms with Gasteiger partial charge < -0.3 is 19.1 Å². The van der Waals surface area contributed by atoms with E-state index in [0.29, 0.717) is 36.8 Å². The predicted molar refractivity (Wildman–Crippen MR) is 113 cm³/mol. The molecule has 4 rings (SSSR count). The van der Waals surface area contributed by atoms with E-state index in [1.54, 1.807) is 32.7 Å². The van der Waals surface area contributed by atoms with Crippen LogP contribution in [0.1, 0.15) is 27.0 Å². The molecule has 30 heavy (non-hydrogen) atoms. The van der Waals surface area contributed by atoms with Gasteiger partial charge in [0.25, 0.3) is 5.91 Å². The Balaban J connectivity index is 1.47. The van der Waals surface area contributed by atoms with Crippen molar-refractivity contribution < 1.29 is 19.0 Å². The molecule has 1 aliphatic rings. The Morgan fingerprint density at radius 2 is 1.83 bits per heavy atom. The molecule has 2 heterocycles. The maximum Gasteiger partial charge on any atom is 0.254 e. The molecule has 6 nitrogen and oxygen atoms in total. The molecule has 0 unspecified atom stereocenters. The van der Waals surface area contributed by atoms with Crippen LogP contribution < -0.4 is 14.2 Å². The van der Waals surface area contributed by atoms with Crippen LogP contribution in [0.15, 0.2) is 60.9 Å². The summed E-state index contributed by atoms with van der Waals surface area (Å²) in [5.74, 6) is 2.04. The molecular weight excluding hydrogens is 380 g/mol. The van der Waals surface area contributed by atoms with Gasteiger partial charge in [-0.15, -0.1) is 0 Å². The Morgan fingerprint density at radius 3 is 2.57 bits per heavy atom. The van der Waals surface area contributed by atoms with Gasteiger partial charge in [-0.3, -0.25) is 9.78 Å². The molecule has 1 amide bonds. The lowest BCUT2D eigenvalue weighted by Crippen LogP contribution is -2.36. The highest BCUT2D eigenvalue weighted by Gasteiger charge is 2.24. The van der Waals surface area contributed by atoms with Gasteiger partial charge in [0.2, 0.25) is 0 Å². The lowest BCUT2D eigenvalue weighted by atomic mass is 9.98. The van der Waals surface area contributed by atoms with E-state index in [2.05, 4.69) is 4.98 Å². The molecule has 0 saturated carbocycles. The Kier molecular flexibility index (Phi) is 5.84. The van der Waals surface area contributed by atoms with Crippen molar-refractivity contribution in [3.8, 4) is 17.2 Å². The molecule has 3 aromatic rings. The van der Waals surface area contributed by atoms with E-state index in [-0.39, 0.29) is 5.91 Å². The fourth-order valence-electron chi connectivity index (χ4n) is 3.61. The Labute approximate surface area is 176 Å². The SMILES string of the molecule is COc1cc2c(cc1OC)CN(C(=O)c1cccc(OCc3cccnc3)c1)CC2. The minimum absolute atomic E-state index is 0.0118. The van der Waals surface area contributed by atoms with Gasteiger partial charge in [0.1, 0.15) is 12.4 Å². The molecule has 0 spiro atoms. The van der Waals surface area contributed by atoms with Gasteiger partial charge in [0, 0.05) is 36.6 Å². The van der Waals surface area contributed by atoms with Gasteiger partial charge in [-0.25, -0.2) is 0 Å². The number of fused-ring (bicyclic) bond motifs is 1. The van der Waals surface area contributed by atoms with E-state index in [0.717, 1.165) is 23.3 Å². The van der Waals surface area contributed by atoms with Crippen molar-refractivity contribution in [3.05, 3.63) is 83.2 Å². The van der Waals surface area contributed by atoms with E-state index >= 15 is 0 Å². The Morgan fingerprint density at radius 1 is 1.03 bits per heavy atom. The first-order chi connectivity index (χ1) is 14.7. The number of aromatic nitrogens is 1. The number of nitrogens with zero attached hydrogens (tertiary/aromatic N) is 2. The van der Waals surface area contributed by atoms with Crippen LogP contribution >= 0.6 is 0 Å². The average molecular weight is 404 g/mol. The third-order valence-electron chi connectivity index (χ3n) is 5.21. The predicted octanol–water partition coefficient (Wildman–Crippen LogP) is 3.88. The number of hydrogen-bond acceptors (Lipinski definition) is 5. The summed E-state index contributed by atoms with van der Waals surface area (Å²) in [5, 5.41) is 0. The fourth-order valence-corrected chi connectivity index (χ4v) is 3.61. The molecule has 2 aromatic carbocycles.